The fourth-order valence-electron chi connectivity index (χ4n) is 4.74. The third-order valence-electron chi connectivity index (χ3n) is 6.91. The van der Waals surface area contributed by atoms with Gasteiger partial charge in [0, 0.05) is 24.1 Å². The van der Waals surface area contributed by atoms with Crippen molar-refractivity contribution in [3.8, 4) is 0 Å². The van der Waals surface area contributed by atoms with Crippen molar-refractivity contribution in [2.45, 2.75) is 77.1 Å². The molecule has 5 N–H and O–H groups in total. The van der Waals surface area contributed by atoms with Crippen molar-refractivity contribution < 1.29 is 42.1 Å². The second-order valence-corrected chi connectivity index (χ2v) is 13.4. The molecule has 49 heavy (non-hydrogen) atoms. The van der Waals surface area contributed by atoms with Crippen LogP contribution in [0.2, 0.25) is 0 Å². The van der Waals surface area contributed by atoms with Gasteiger partial charge in [-0.05, 0) is 101 Å². The van der Waals surface area contributed by atoms with Gasteiger partial charge in [0.1, 0.15) is 17.3 Å². The van der Waals surface area contributed by atoms with Crippen molar-refractivity contribution >= 4 is 35.2 Å². The number of ether oxygens (including phenoxy) is 2. The first-order valence-electron chi connectivity index (χ1n) is 15.3. The number of alkyl halides is 3. The zero-order valence-electron chi connectivity index (χ0n) is 27.9. The smallest absolute Gasteiger partial charge is 0.421 e. The molecule has 14 heteroatoms. The third-order valence-corrected chi connectivity index (χ3v) is 6.91. The highest BCUT2D eigenvalue weighted by molar-refractivity contribution is 6.01. The first kappa shape index (κ1) is 36.8. The van der Waals surface area contributed by atoms with Crippen LogP contribution in [-0.4, -0.2) is 46.1 Å². The van der Waals surface area contributed by atoms with E-state index in [1.807, 2.05) is 0 Å². The van der Waals surface area contributed by atoms with Gasteiger partial charge in [-0.1, -0.05) is 36.4 Å². The van der Waals surface area contributed by atoms with E-state index in [9.17, 15) is 32.7 Å². The lowest BCUT2D eigenvalue weighted by Gasteiger charge is -2.32. The third kappa shape index (κ3) is 9.74. The monoisotopic (exact) mass is 683 g/mol. The highest BCUT2D eigenvalue weighted by atomic mass is 19.4. The number of alkyl carbamates (subject to hydrolysis) is 1. The fourth-order valence-corrected chi connectivity index (χ4v) is 4.74. The van der Waals surface area contributed by atoms with Crippen LogP contribution in [-0.2, 0) is 20.8 Å². The summed E-state index contributed by atoms with van der Waals surface area (Å²) in [6, 6.07) is 18.5. The van der Waals surface area contributed by atoms with Gasteiger partial charge in [0.25, 0.3) is 5.91 Å². The first-order valence-corrected chi connectivity index (χ1v) is 15.3. The maximum absolute atomic E-state index is 14.6. The van der Waals surface area contributed by atoms with Crippen molar-refractivity contribution in [3.05, 3.63) is 102 Å². The van der Waals surface area contributed by atoms with Crippen molar-refractivity contribution in [1.82, 2.24) is 10.7 Å². The first-order chi connectivity index (χ1) is 22.7. The van der Waals surface area contributed by atoms with E-state index in [1.54, 1.807) is 90.1 Å². The van der Waals surface area contributed by atoms with E-state index >= 15 is 0 Å². The number of hydrogen-bond donors (Lipinski definition) is 5. The molecular weight excluding hydrogens is 643 g/mol. The van der Waals surface area contributed by atoms with Crippen LogP contribution in [0.1, 0.15) is 64.3 Å². The van der Waals surface area contributed by atoms with Crippen LogP contribution < -0.4 is 26.4 Å². The Morgan fingerprint density at radius 2 is 1.37 bits per heavy atom. The molecule has 4 rings (SSSR count). The predicted octanol–water partition coefficient (Wildman–Crippen LogP) is 6.92. The lowest BCUT2D eigenvalue weighted by molar-refractivity contribution is -0.183. The van der Waals surface area contributed by atoms with Crippen LogP contribution in [0.15, 0.2) is 85.1 Å². The Bertz CT molecular complexity index is 1720. The molecule has 3 aromatic carbocycles. The van der Waals surface area contributed by atoms with Gasteiger partial charge in [-0.3, -0.25) is 15.1 Å². The molecule has 11 nitrogen and oxygen atoms in total. The molecule has 1 aliphatic heterocycles. The van der Waals surface area contributed by atoms with E-state index in [0.29, 0.717) is 16.8 Å². The molecule has 0 spiro atoms. The minimum atomic E-state index is -5.06. The second kappa shape index (κ2) is 14.2. The number of anilines is 3. The van der Waals surface area contributed by atoms with E-state index in [2.05, 4.69) is 21.4 Å². The Balaban J connectivity index is 1.47. The summed E-state index contributed by atoms with van der Waals surface area (Å²) in [5.74, 6) is -1.41. The number of aliphatic hydroxyl groups excluding tert-OH is 1. The number of carbonyl (C=O) groups excluding carboxylic acids is 3. The Morgan fingerprint density at radius 3 is 1.94 bits per heavy atom. The van der Waals surface area contributed by atoms with Gasteiger partial charge < -0.3 is 25.2 Å². The number of rotatable bonds is 8. The van der Waals surface area contributed by atoms with E-state index < -0.39 is 47.1 Å². The fraction of sp³-hybridized carbons (Fsp3) is 0.343. The van der Waals surface area contributed by atoms with E-state index in [4.69, 9.17) is 9.47 Å². The minimum absolute atomic E-state index is 0.0112. The molecule has 0 aliphatic carbocycles. The maximum atomic E-state index is 14.6. The summed E-state index contributed by atoms with van der Waals surface area (Å²) in [7, 11) is 0. The van der Waals surface area contributed by atoms with Gasteiger partial charge in [0.05, 0.1) is 5.69 Å². The molecule has 2 unspecified atom stereocenters. The lowest BCUT2D eigenvalue weighted by Crippen LogP contribution is -2.63. The standard InChI is InChI=1S/C35H40F3N5O6/c1-32(2,3)48-30(46)39-21-22-10-7-15-27(18-22)43-17-16-34(42-43,35(36,37)38)29(45)40-25-13-8-11-23(19-25)28(44)24-12-9-14-26(20-24)41-31(47)49-33(4,5)6/h7-20,28,42,44H,21H2,1-6H3,(H,39,46)(H,40,45)(H,41,47). The van der Waals surface area contributed by atoms with Crippen molar-refractivity contribution in [2.75, 3.05) is 15.6 Å². The quantitative estimate of drug-likeness (QED) is 0.172. The molecule has 0 radical (unpaired) electrons. The van der Waals surface area contributed by atoms with E-state index in [-0.39, 0.29) is 23.5 Å². The molecule has 0 saturated heterocycles. The molecule has 3 aromatic rings. The highest BCUT2D eigenvalue weighted by Gasteiger charge is 2.62. The molecule has 1 aliphatic rings. The van der Waals surface area contributed by atoms with Crippen molar-refractivity contribution in [1.29, 1.82) is 0 Å². The van der Waals surface area contributed by atoms with Crippen LogP contribution in [0.3, 0.4) is 0 Å². The van der Waals surface area contributed by atoms with Gasteiger partial charge in [-0.25, -0.2) is 15.0 Å². The van der Waals surface area contributed by atoms with Gasteiger partial charge in [0.15, 0.2) is 0 Å². The summed E-state index contributed by atoms with van der Waals surface area (Å²) < 4.78 is 54.2. The zero-order valence-corrected chi connectivity index (χ0v) is 27.9. The normalized spacial score (nSPS) is 16.9. The van der Waals surface area contributed by atoms with Crippen LogP contribution in [0.4, 0.5) is 39.8 Å². The summed E-state index contributed by atoms with van der Waals surface area (Å²) in [6.45, 7) is 10.4. The van der Waals surface area contributed by atoms with Gasteiger partial charge in [0.2, 0.25) is 5.54 Å². The predicted molar refractivity (Wildman–Crippen MR) is 178 cm³/mol. The van der Waals surface area contributed by atoms with Crippen molar-refractivity contribution in [2.24, 2.45) is 0 Å². The SMILES string of the molecule is CC(C)(C)OC(=O)NCc1cccc(N2C=CC(C(=O)Nc3cccc(C(O)c4cccc(NC(=O)OC(C)(C)C)c4)c3)(C(F)(F)F)N2)c1. The molecule has 0 fully saturated rings. The summed E-state index contributed by atoms with van der Waals surface area (Å²) in [6.07, 6.45) is -5.81. The maximum Gasteiger partial charge on any atom is 0.421 e. The molecule has 1 heterocycles. The average Bonchev–Trinajstić information content (AvgIpc) is 3.46. The Morgan fingerprint density at radius 1 is 0.816 bits per heavy atom. The van der Waals surface area contributed by atoms with E-state index in [0.717, 1.165) is 17.3 Å². The number of amides is 3. The number of hydrogen-bond acceptors (Lipinski definition) is 8. The number of hydrazine groups is 1. The zero-order chi connectivity index (χ0) is 36.2. The number of halogens is 3. The average molecular weight is 684 g/mol. The van der Waals surface area contributed by atoms with Crippen LogP contribution in [0.5, 0.6) is 0 Å². The molecule has 0 bridgehead atoms. The minimum Gasteiger partial charge on any atom is -0.444 e. The summed E-state index contributed by atoms with van der Waals surface area (Å²) in [5, 5.41) is 19.7. The van der Waals surface area contributed by atoms with Crippen LogP contribution in [0.25, 0.3) is 0 Å². The Kier molecular flexibility index (Phi) is 10.6. The summed E-state index contributed by atoms with van der Waals surface area (Å²) in [4.78, 5) is 37.6. The number of benzene rings is 3. The van der Waals surface area contributed by atoms with Gasteiger partial charge in [-0.2, -0.15) is 13.2 Å². The van der Waals surface area contributed by atoms with Gasteiger partial charge >= 0.3 is 18.4 Å². The molecular formula is C35H40F3N5O6. The van der Waals surface area contributed by atoms with E-state index in [1.165, 1.54) is 24.3 Å². The van der Waals surface area contributed by atoms with Crippen molar-refractivity contribution in [3.63, 3.8) is 0 Å². The van der Waals surface area contributed by atoms with Gasteiger partial charge in [-0.15, -0.1) is 0 Å². The number of aliphatic hydroxyl groups is 1. The Hall–Kier alpha value is -5.08. The molecule has 262 valence electrons. The highest BCUT2D eigenvalue weighted by Crippen LogP contribution is 2.37. The van der Waals surface area contributed by atoms with Crippen LogP contribution >= 0.6 is 0 Å². The largest absolute Gasteiger partial charge is 0.444 e. The molecule has 0 aromatic heterocycles. The van der Waals surface area contributed by atoms with Crippen LogP contribution in [0, 0.1) is 0 Å². The topological polar surface area (TPSA) is 141 Å². The lowest BCUT2D eigenvalue weighted by atomic mass is 9.98. The second-order valence-electron chi connectivity index (χ2n) is 13.4. The number of nitrogens with one attached hydrogen (secondary N) is 4. The molecule has 0 saturated carbocycles. The molecule has 2 atom stereocenters. The summed E-state index contributed by atoms with van der Waals surface area (Å²) in [5.41, 5.74) is -0.378. The number of carbonyl (C=O) groups is 3. The summed E-state index contributed by atoms with van der Waals surface area (Å²) >= 11 is 0. The number of nitrogens with zero attached hydrogens (tertiary/aromatic N) is 1. The molecule has 3 amide bonds. The Labute approximate surface area is 282 Å².